The summed E-state index contributed by atoms with van der Waals surface area (Å²) in [5, 5.41) is 3.24. The molecule has 1 aromatic heterocycles. The zero-order valence-corrected chi connectivity index (χ0v) is 13.7. The molecule has 3 rings (SSSR count). The number of aromatic nitrogens is 2. The molecule has 0 amide bonds. The van der Waals surface area contributed by atoms with Crippen LogP contribution in [-0.2, 0) is 0 Å². The van der Waals surface area contributed by atoms with Crippen molar-refractivity contribution in [3.8, 4) is 11.6 Å². The number of nitrogens with zero attached hydrogens (tertiary/aromatic N) is 3. The minimum Gasteiger partial charge on any atom is -0.439 e. The lowest BCUT2D eigenvalue weighted by Crippen LogP contribution is -2.30. The van der Waals surface area contributed by atoms with Gasteiger partial charge in [0.15, 0.2) is 0 Å². The number of anilines is 1. The molecule has 1 saturated heterocycles. The van der Waals surface area contributed by atoms with Gasteiger partial charge in [-0.1, -0.05) is 12.8 Å². The number of nitrogens with one attached hydrogen (secondary N) is 1. The van der Waals surface area contributed by atoms with Crippen molar-refractivity contribution in [2.45, 2.75) is 25.7 Å². The van der Waals surface area contributed by atoms with Gasteiger partial charge in [-0.3, -0.25) is 0 Å². The second kappa shape index (κ2) is 8.59. The van der Waals surface area contributed by atoms with E-state index in [2.05, 4.69) is 20.2 Å². The molecular formula is C18H23FN4O. The molecule has 0 aliphatic carbocycles. The van der Waals surface area contributed by atoms with Crippen LogP contribution in [0.15, 0.2) is 36.5 Å². The fourth-order valence-electron chi connectivity index (χ4n) is 2.79. The highest BCUT2D eigenvalue weighted by molar-refractivity contribution is 5.31. The van der Waals surface area contributed by atoms with Gasteiger partial charge in [-0.15, -0.1) is 0 Å². The summed E-state index contributed by atoms with van der Waals surface area (Å²) < 4.78 is 18.5. The van der Waals surface area contributed by atoms with Crippen molar-refractivity contribution in [3.63, 3.8) is 0 Å². The SMILES string of the molecule is Fc1ccc(Oc2ccnc(NCCN3CCCCCC3)n2)cc1. The summed E-state index contributed by atoms with van der Waals surface area (Å²) in [5.74, 6) is 1.24. The summed E-state index contributed by atoms with van der Waals surface area (Å²) in [6, 6.07) is 7.55. The molecule has 0 atom stereocenters. The summed E-state index contributed by atoms with van der Waals surface area (Å²) in [4.78, 5) is 11.0. The summed E-state index contributed by atoms with van der Waals surface area (Å²) >= 11 is 0. The van der Waals surface area contributed by atoms with Gasteiger partial charge in [-0.05, 0) is 50.2 Å². The third-order valence-electron chi connectivity index (χ3n) is 4.08. The Morgan fingerprint density at radius 3 is 2.54 bits per heavy atom. The van der Waals surface area contributed by atoms with Crippen molar-refractivity contribution in [2.75, 3.05) is 31.5 Å². The number of rotatable bonds is 6. The Labute approximate surface area is 141 Å². The fourth-order valence-corrected chi connectivity index (χ4v) is 2.79. The van der Waals surface area contributed by atoms with Crippen LogP contribution in [0.1, 0.15) is 25.7 Å². The average Bonchev–Trinajstić information content (AvgIpc) is 2.86. The highest BCUT2D eigenvalue weighted by atomic mass is 19.1. The van der Waals surface area contributed by atoms with Crippen molar-refractivity contribution >= 4 is 5.95 Å². The van der Waals surface area contributed by atoms with Crippen molar-refractivity contribution in [1.29, 1.82) is 0 Å². The first-order valence-electron chi connectivity index (χ1n) is 8.52. The van der Waals surface area contributed by atoms with Gasteiger partial charge in [-0.2, -0.15) is 4.98 Å². The molecule has 1 aliphatic rings. The van der Waals surface area contributed by atoms with E-state index in [1.807, 2.05) is 0 Å². The highest BCUT2D eigenvalue weighted by Crippen LogP contribution is 2.19. The van der Waals surface area contributed by atoms with E-state index >= 15 is 0 Å². The molecule has 1 fully saturated rings. The Morgan fingerprint density at radius 1 is 1.04 bits per heavy atom. The van der Waals surface area contributed by atoms with E-state index in [1.165, 1.54) is 50.9 Å². The summed E-state index contributed by atoms with van der Waals surface area (Å²) in [7, 11) is 0. The van der Waals surface area contributed by atoms with Gasteiger partial charge >= 0.3 is 0 Å². The van der Waals surface area contributed by atoms with Crippen molar-refractivity contribution in [1.82, 2.24) is 14.9 Å². The minimum atomic E-state index is -0.291. The normalized spacial score (nSPS) is 15.7. The molecule has 0 radical (unpaired) electrons. The first-order valence-corrected chi connectivity index (χ1v) is 8.52. The van der Waals surface area contributed by atoms with Crippen LogP contribution in [0.4, 0.5) is 10.3 Å². The predicted molar refractivity (Wildman–Crippen MR) is 91.9 cm³/mol. The van der Waals surface area contributed by atoms with Gasteiger partial charge in [-0.25, -0.2) is 9.37 Å². The number of benzene rings is 1. The molecule has 2 aromatic rings. The highest BCUT2D eigenvalue weighted by Gasteiger charge is 2.08. The number of hydrogen-bond acceptors (Lipinski definition) is 5. The number of likely N-dealkylation sites (tertiary alicyclic amines) is 1. The van der Waals surface area contributed by atoms with E-state index < -0.39 is 0 Å². The van der Waals surface area contributed by atoms with Crippen molar-refractivity contribution in [3.05, 3.63) is 42.3 Å². The standard InChI is InChI=1S/C18H23FN4O/c19-15-5-7-16(8-6-15)24-17-9-10-20-18(22-17)21-11-14-23-12-3-1-2-4-13-23/h5-10H,1-4,11-14H2,(H,20,21,22). The molecule has 0 bridgehead atoms. The Kier molecular flexibility index (Phi) is 5.96. The van der Waals surface area contributed by atoms with Crippen LogP contribution in [0.2, 0.25) is 0 Å². The lowest BCUT2D eigenvalue weighted by molar-refractivity contribution is 0.296. The van der Waals surface area contributed by atoms with Crippen LogP contribution < -0.4 is 10.1 Å². The zero-order chi connectivity index (χ0) is 16.6. The Bertz CT molecular complexity index is 627. The maximum atomic E-state index is 12.9. The molecule has 2 heterocycles. The third kappa shape index (κ3) is 5.16. The summed E-state index contributed by atoms with van der Waals surface area (Å²) in [6.45, 7) is 4.15. The van der Waals surface area contributed by atoms with E-state index in [9.17, 15) is 4.39 Å². The maximum Gasteiger partial charge on any atom is 0.226 e. The van der Waals surface area contributed by atoms with E-state index in [0.717, 1.165) is 13.1 Å². The molecule has 5 nitrogen and oxygen atoms in total. The maximum absolute atomic E-state index is 12.9. The summed E-state index contributed by atoms with van der Waals surface area (Å²) in [5.41, 5.74) is 0. The average molecular weight is 330 g/mol. The fraction of sp³-hybridized carbons (Fsp3) is 0.444. The predicted octanol–water partition coefficient (Wildman–Crippen LogP) is 3.70. The molecule has 1 N–H and O–H groups in total. The molecule has 0 saturated carbocycles. The molecule has 128 valence electrons. The van der Waals surface area contributed by atoms with E-state index in [-0.39, 0.29) is 5.82 Å². The summed E-state index contributed by atoms with van der Waals surface area (Å²) in [6.07, 6.45) is 6.92. The van der Waals surface area contributed by atoms with Crippen LogP contribution in [0.3, 0.4) is 0 Å². The van der Waals surface area contributed by atoms with Gasteiger partial charge in [0, 0.05) is 25.4 Å². The monoisotopic (exact) mass is 330 g/mol. The number of halogens is 1. The Balaban J connectivity index is 1.50. The first kappa shape index (κ1) is 16.6. The smallest absolute Gasteiger partial charge is 0.226 e. The molecular weight excluding hydrogens is 307 g/mol. The van der Waals surface area contributed by atoms with Crippen LogP contribution in [0.5, 0.6) is 11.6 Å². The number of hydrogen-bond donors (Lipinski definition) is 1. The molecule has 0 unspecified atom stereocenters. The van der Waals surface area contributed by atoms with Gasteiger partial charge in [0.1, 0.15) is 11.6 Å². The number of ether oxygens (including phenoxy) is 1. The molecule has 24 heavy (non-hydrogen) atoms. The van der Waals surface area contributed by atoms with E-state index in [4.69, 9.17) is 4.74 Å². The lowest BCUT2D eigenvalue weighted by Gasteiger charge is -2.19. The first-order chi connectivity index (χ1) is 11.8. The van der Waals surface area contributed by atoms with Crippen LogP contribution in [0.25, 0.3) is 0 Å². The quantitative estimate of drug-likeness (QED) is 0.875. The minimum absolute atomic E-state index is 0.291. The molecule has 6 heteroatoms. The topological polar surface area (TPSA) is 50.3 Å². The van der Waals surface area contributed by atoms with Gasteiger partial charge < -0.3 is 15.0 Å². The van der Waals surface area contributed by atoms with Gasteiger partial charge in [0.25, 0.3) is 0 Å². The van der Waals surface area contributed by atoms with E-state index in [1.54, 1.807) is 24.4 Å². The van der Waals surface area contributed by atoms with Gasteiger partial charge in [0.2, 0.25) is 11.8 Å². The Hall–Kier alpha value is -2.21. The molecule has 0 spiro atoms. The van der Waals surface area contributed by atoms with Crippen molar-refractivity contribution < 1.29 is 9.13 Å². The zero-order valence-electron chi connectivity index (χ0n) is 13.7. The van der Waals surface area contributed by atoms with Crippen LogP contribution in [-0.4, -0.2) is 41.0 Å². The lowest BCUT2D eigenvalue weighted by atomic mass is 10.2. The second-order valence-corrected chi connectivity index (χ2v) is 5.96. The third-order valence-corrected chi connectivity index (χ3v) is 4.08. The van der Waals surface area contributed by atoms with E-state index in [0.29, 0.717) is 17.6 Å². The Morgan fingerprint density at radius 2 is 1.79 bits per heavy atom. The van der Waals surface area contributed by atoms with Crippen LogP contribution >= 0.6 is 0 Å². The molecule has 1 aromatic carbocycles. The van der Waals surface area contributed by atoms with Crippen molar-refractivity contribution in [2.24, 2.45) is 0 Å². The van der Waals surface area contributed by atoms with Gasteiger partial charge in [0.05, 0.1) is 0 Å². The largest absolute Gasteiger partial charge is 0.439 e. The second-order valence-electron chi connectivity index (χ2n) is 5.96. The molecule has 1 aliphatic heterocycles. The van der Waals surface area contributed by atoms with Crippen LogP contribution in [0, 0.1) is 5.82 Å².